The standard InChI is InChI=1S/C64H40N6/c1-2-30-51(42(21-1)41-20-19-39-65-40-41)60-61(67-52-31-11-3-22-43(52)44-23-4-12-32-53(44)67)63(69-56-35-15-7-26-47(56)48-27-8-16-36-57(48)69)66-64(70-58-37-17-9-28-49(58)50-29-10-18-38-59(50)70)62(60)68-54-33-13-5-24-45(54)46-25-6-14-34-55(46)68/h1-40H. The molecule has 0 aliphatic carbocycles. The Hall–Kier alpha value is -9.52. The van der Waals surface area contributed by atoms with Crippen LogP contribution < -0.4 is 0 Å². The minimum atomic E-state index is 0.807. The van der Waals surface area contributed by atoms with Crippen molar-refractivity contribution in [2.45, 2.75) is 0 Å². The summed E-state index contributed by atoms with van der Waals surface area (Å²) < 4.78 is 9.84. The van der Waals surface area contributed by atoms with Crippen LogP contribution >= 0.6 is 0 Å². The number of pyridine rings is 2. The Morgan fingerprint density at radius 2 is 0.543 bits per heavy atom. The summed E-state index contributed by atoms with van der Waals surface area (Å²) in [4.78, 5) is 11.1. The van der Waals surface area contributed by atoms with Crippen molar-refractivity contribution < 1.29 is 0 Å². The molecule has 0 saturated carbocycles. The molecule has 0 N–H and O–H groups in total. The second-order valence-corrected chi connectivity index (χ2v) is 18.1. The molecular weight excluding hydrogens is 853 g/mol. The van der Waals surface area contributed by atoms with Crippen LogP contribution in [0.3, 0.4) is 0 Å². The third-order valence-corrected chi connectivity index (χ3v) is 14.5. The van der Waals surface area contributed by atoms with Crippen LogP contribution in [0.25, 0.3) is 132 Å². The average Bonchev–Trinajstić information content (AvgIpc) is 4.16. The number of fused-ring (bicyclic) bond motifs is 12. The van der Waals surface area contributed by atoms with Crippen LogP contribution in [-0.4, -0.2) is 28.2 Å². The second kappa shape index (κ2) is 15.0. The summed E-state index contributed by atoms with van der Waals surface area (Å²) in [6.07, 6.45) is 3.84. The van der Waals surface area contributed by atoms with Crippen molar-refractivity contribution in [1.82, 2.24) is 28.2 Å². The van der Waals surface area contributed by atoms with Crippen LogP contribution in [0.1, 0.15) is 0 Å². The van der Waals surface area contributed by atoms with Crippen LogP contribution in [0, 0.1) is 0 Å². The van der Waals surface area contributed by atoms with Crippen molar-refractivity contribution >= 4 is 87.2 Å². The molecule has 0 aliphatic heterocycles. The molecule has 0 radical (unpaired) electrons. The van der Waals surface area contributed by atoms with E-state index in [1.165, 1.54) is 21.5 Å². The van der Waals surface area contributed by atoms with Gasteiger partial charge in [0.2, 0.25) is 0 Å². The first kappa shape index (κ1) is 38.6. The van der Waals surface area contributed by atoms with E-state index in [0.717, 1.165) is 111 Å². The Bertz CT molecular complexity index is 4140. The first-order chi connectivity index (χ1) is 34.8. The Kier molecular flexibility index (Phi) is 8.26. The number of para-hydroxylation sites is 8. The molecule has 6 aromatic heterocycles. The van der Waals surface area contributed by atoms with Crippen molar-refractivity contribution in [3.05, 3.63) is 243 Å². The number of rotatable bonds is 6. The fraction of sp³-hybridized carbons (Fsp3) is 0. The maximum Gasteiger partial charge on any atom is 0.165 e. The zero-order valence-electron chi connectivity index (χ0n) is 37.8. The van der Waals surface area contributed by atoms with E-state index in [1.807, 2.05) is 18.5 Å². The third-order valence-electron chi connectivity index (χ3n) is 14.5. The lowest BCUT2D eigenvalue weighted by Crippen LogP contribution is -2.16. The zero-order chi connectivity index (χ0) is 45.9. The van der Waals surface area contributed by atoms with Gasteiger partial charge in [0, 0.05) is 66.6 Å². The molecule has 0 saturated heterocycles. The van der Waals surface area contributed by atoms with E-state index in [1.54, 1.807) is 0 Å². The predicted octanol–water partition coefficient (Wildman–Crippen LogP) is 16.2. The Morgan fingerprint density at radius 3 is 0.857 bits per heavy atom. The van der Waals surface area contributed by atoms with Gasteiger partial charge < -0.3 is 9.13 Å². The summed E-state index contributed by atoms with van der Waals surface area (Å²) in [7, 11) is 0. The van der Waals surface area contributed by atoms with Gasteiger partial charge >= 0.3 is 0 Å². The largest absolute Gasteiger partial charge is 0.305 e. The van der Waals surface area contributed by atoms with Gasteiger partial charge in [0.15, 0.2) is 11.6 Å². The minimum Gasteiger partial charge on any atom is -0.305 e. The maximum atomic E-state index is 6.36. The van der Waals surface area contributed by atoms with Crippen molar-refractivity contribution in [1.29, 1.82) is 0 Å². The molecule has 0 amide bonds. The predicted molar refractivity (Wildman–Crippen MR) is 290 cm³/mol. The molecular formula is C64H40N6. The van der Waals surface area contributed by atoms with Gasteiger partial charge in [-0.2, -0.15) is 0 Å². The highest BCUT2D eigenvalue weighted by Crippen LogP contribution is 2.50. The molecule has 6 nitrogen and oxygen atoms in total. The lowest BCUT2D eigenvalue weighted by Gasteiger charge is -2.27. The number of nitrogens with zero attached hydrogens (tertiary/aromatic N) is 6. The molecule has 0 fully saturated rings. The molecule has 6 heterocycles. The first-order valence-electron chi connectivity index (χ1n) is 23.8. The van der Waals surface area contributed by atoms with Crippen LogP contribution in [0.15, 0.2) is 243 Å². The van der Waals surface area contributed by atoms with Crippen molar-refractivity contribution in [2.24, 2.45) is 0 Å². The molecule has 9 aromatic carbocycles. The molecule has 0 unspecified atom stereocenters. The molecule has 326 valence electrons. The quantitative estimate of drug-likeness (QED) is 0.167. The summed E-state index contributed by atoms with van der Waals surface area (Å²) >= 11 is 0. The lowest BCUT2D eigenvalue weighted by molar-refractivity contribution is 0.961. The monoisotopic (exact) mass is 892 g/mol. The molecule has 6 heteroatoms. The number of benzene rings is 9. The van der Waals surface area contributed by atoms with Crippen LogP contribution in [0.4, 0.5) is 0 Å². The molecule has 15 aromatic rings. The van der Waals surface area contributed by atoms with Crippen LogP contribution in [0.2, 0.25) is 0 Å². The highest BCUT2D eigenvalue weighted by Gasteiger charge is 2.33. The second-order valence-electron chi connectivity index (χ2n) is 18.1. The van der Waals surface area contributed by atoms with Gasteiger partial charge in [-0.15, -0.1) is 0 Å². The molecule has 0 atom stereocenters. The van der Waals surface area contributed by atoms with Crippen molar-refractivity contribution in [3.8, 4) is 45.3 Å². The zero-order valence-corrected chi connectivity index (χ0v) is 37.8. The summed E-state index contributed by atoms with van der Waals surface area (Å²) in [5.41, 5.74) is 14.7. The van der Waals surface area contributed by atoms with Gasteiger partial charge in [-0.3, -0.25) is 14.1 Å². The fourth-order valence-electron chi connectivity index (χ4n) is 11.6. The summed E-state index contributed by atoms with van der Waals surface area (Å²) in [5, 5.41) is 9.33. The molecule has 15 rings (SSSR count). The van der Waals surface area contributed by atoms with Gasteiger partial charge in [0.05, 0.1) is 44.1 Å². The van der Waals surface area contributed by atoms with Crippen molar-refractivity contribution in [2.75, 3.05) is 0 Å². The SMILES string of the molecule is c1cncc(-c2ccccc2-c2c(-n3c4ccccc4c4ccccc43)c(-n3c4ccccc4c4ccccc43)nc(-n3c4ccccc4c4ccccc43)c2-n2c3ccccc3c3ccccc32)c1. The van der Waals surface area contributed by atoms with Gasteiger partial charge in [0.25, 0.3) is 0 Å². The van der Waals surface area contributed by atoms with Crippen LogP contribution in [-0.2, 0) is 0 Å². The van der Waals surface area contributed by atoms with E-state index in [0.29, 0.717) is 0 Å². The summed E-state index contributed by atoms with van der Waals surface area (Å²) in [6, 6.07) is 83.6. The van der Waals surface area contributed by atoms with E-state index in [-0.39, 0.29) is 0 Å². The highest BCUT2D eigenvalue weighted by atomic mass is 15.2. The summed E-state index contributed by atoms with van der Waals surface area (Å²) in [5.74, 6) is 1.61. The van der Waals surface area contributed by atoms with E-state index in [9.17, 15) is 0 Å². The highest BCUT2D eigenvalue weighted by molar-refractivity contribution is 6.16. The lowest BCUT2D eigenvalue weighted by atomic mass is 9.92. The first-order valence-corrected chi connectivity index (χ1v) is 23.8. The van der Waals surface area contributed by atoms with Gasteiger partial charge in [-0.25, -0.2) is 4.98 Å². The average molecular weight is 893 g/mol. The normalized spacial score (nSPS) is 12.0. The van der Waals surface area contributed by atoms with Gasteiger partial charge in [-0.05, 0) is 65.7 Å². The third kappa shape index (κ3) is 5.38. The molecule has 0 spiro atoms. The van der Waals surface area contributed by atoms with E-state index < -0.39 is 0 Å². The maximum absolute atomic E-state index is 6.36. The fourth-order valence-corrected chi connectivity index (χ4v) is 11.6. The minimum absolute atomic E-state index is 0.807. The van der Waals surface area contributed by atoms with Crippen LogP contribution in [0.5, 0.6) is 0 Å². The van der Waals surface area contributed by atoms with Gasteiger partial charge in [-0.1, -0.05) is 176 Å². The van der Waals surface area contributed by atoms with E-state index >= 15 is 0 Å². The molecule has 0 bridgehead atoms. The Balaban J connectivity index is 1.30. The number of hydrogen-bond donors (Lipinski definition) is 0. The van der Waals surface area contributed by atoms with Gasteiger partial charge in [0.1, 0.15) is 11.4 Å². The Labute approximate surface area is 401 Å². The van der Waals surface area contributed by atoms with E-state index in [2.05, 4.69) is 243 Å². The smallest absolute Gasteiger partial charge is 0.165 e. The van der Waals surface area contributed by atoms with E-state index in [4.69, 9.17) is 9.97 Å². The molecule has 0 aliphatic rings. The number of hydrogen-bond acceptors (Lipinski definition) is 2. The summed E-state index contributed by atoms with van der Waals surface area (Å²) in [6.45, 7) is 0. The molecule has 70 heavy (non-hydrogen) atoms. The number of aromatic nitrogens is 6. The topological polar surface area (TPSA) is 45.5 Å². The Morgan fingerprint density at radius 1 is 0.257 bits per heavy atom. The van der Waals surface area contributed by atoms with Crippen molar-refractivity contribution in [3.63, 3.8) is 0 Å².